The molecule has 0 aromatic carbocycles. The maximum atomic E-state index is 6.05. The summed E-state index contributed by atoms with van der Waals surface area (Å²) in [5.74, 6) is 0.970. The number of rotatable bonds is 4. The Kier molecular flexibility index (Phi) is 3.36. The van der Waals surface area contributed by atoms with Crippen LogP contribution >= 0.6 is 0 Å². The fourth-order valence-corrected chi connectivity index (χ4v) is 3.17. The van der Waals surface area contributed by atoms with Crippen LogP contribution in [-0.4, -0.2) is 30.1 Å². The Bertz CT molecular complexity index is 203. The molecule has 2 aliphatic rings. The van der Waals surface area contributed by atoms with Crippen molar-refractivity contribution >= 4 is 0 Å². The molecule has 2 aliphatic carbocycles. The van der Waals surface area contributed by atoms with Gasteiger partial charge in [-0.2, -0.15) is 0 Å². The highest BCUT2D eigenvalue weighted by Crippen LogP contribution is 2.41. The summed E-state index contributed by atoms with van der Waals surface area (Å²) in [6.07, 6.45) is 9.60. The van der Waals surface area contributed by atoms with Crippen LogP contribution in [-0.2, 0) is 0 Å². The van der Waals surface area contributed by atoms with Crippen LogP contribution in [0.5, 0.6) is 0 Å². The number of nitrogens with zero attached hydrogens (tertiary/aromatic N) is 1. The van der Waals surface area contributed by atoms with Gasteiger partial charge < -0.3 is 5.73 Å². The molecular weight excluding hydrogens is 184 g/mol. The van der Waals surface area contributed by atoms with Gasteiger partial charge in [0.1, 0.15) is 0 Å². The van der Waals surface area contributed by atoms with E-state index in [1.54, 1.807) is 0 Å². The third-order valence-electron chi connectivity index (χ3n) is 4.84. The molecule has 2 fully saturated rings. The molecule has 2 N–H and O–H groups in total. The lowest BCUT2D eigenvalue weighted by Gasteiger charge is -2.46. The highest BCUT2D eigenvalue weighted by atomic mass is 15.2. The summed E-state index contributed by atoms with van der Waals surface area (Å²) in [4.78, 5) is 2.61. The third kappa shape index (κ3) is 2.21. The third-order valence-corrected chi connectivity index (χ3v) is 4.84. The van der Waals surface area contributed by atoms with Gasteiger partial charge in [0, 0.05) is 18.1 Å². The Hall–Kier alpha value is -0.0800. The Morgan fingerprint density at radius 1 is 1.20 bits per heavy atom. The zero-order chi connectivity index (χ0) is 10.9. The van der Waals surface area contributed by atoms with Gasteiger partial charge in [-0.3, -0.25) is 4.90 Å². The lowest BCUT2D eigenvalue weighted by molar-refractivity contribution is 0.0576. The molecule has 2 nitrogen and oxygen atoms in total. The Balaban J connectivity index is 1.97. The number of hydrogen-bond donors (Lipinski definition) is 1. The molecule has 0 aromatic rings. The van der Waals surface area contributed by atoms with Crippen molar-refractivity contribution in [2.24, 2.45) is 11.7 Å². The maximum Gasteiger partial charge on any atom is 0.0331 e. The van der Waals surface area contributed by atoms with Crippen molar-refractivity contribution in [2.75, 3.05) is 13.6 Å². The summed E-state index contributed by atoms with van der Waals surface area (Å²) < 4.78 is 0. The second kappa shape index (κ2) is 4.42. The minimum Gasteiger partial charge on any atom is -0.329 e. The lowest BCUT2D eigenvalue weighted by Crippen LogP contribution is -2.54. The molecule has 0 amide bonds. The fourth-order valence-electron chi connectivity index (χ4n) is 3.17. The second-order valence-corrected chi connectivity index (χ2v) is 5.62. The maximum absolute atomic E-state index is 6.05. The Labute approximate surface area is 94.2 Å². The smallest absolute Gasteiger partial charge is 0.0331 e. The Morgan fingerprint density at radius 2 is 1.80 bits per heavy atom. The number of hydrogen-bond acceptors (Lipinski definition) is 2. The summed E-state index contributed by atoms with van der Waals surface area (Å²) in [5, 5.41) is 0. The van der Waals surface area contributed by atoms with Gasteiger partial charge in [-0.25, -0.2) is 0 Å². The van der Waals surface area contributed by atoms with E-state index in [0.29, 0.717) is 5.54 Å². The van der Waals surface area contributed by atoms with E-state index in [2.05, 4.69) is 18.9 Å². The van der Waals surface area contributed by atoms with Crippen LogP contribution in [0.4, 0.5) is 0 Å². The van der Waals surface area contributed by atoms with Crippen molar-refractivity contribution in [1.82, 2.24) is 4.90 Å². The van der Waals surface area contributed by atoms with Gasteiger partial charge in [0.25, 0.3) is 0 Å². The average molecular weight is 210 g/mol. The first kappa shape index (κ1) is 11.4. The highest BCUT2D eigenvalue weighted by molar-refractivity contribution is 5.00. The van der Waals surface area contributed by atoms with E-state index in [9.17, 15) is 0 Å². The molecule has 0 spiro atoms. The summed E-state index contributed by atoms with van der Waals surface area (Å²) in [5.41, 5.74) is 6.40. The summed E-state index contributed by atoms with van der Waals surface area (Å²) in [7, 11) is 2.30. The van der Waals surface area contributed by atoms with Gasteiger partial charge in [-0.15, -0.1) is 0 Å². The summed E-state index contributed by atoms with van der Waals surface area (Å²) in [6, 6.07) is 0.853. The van der Waals surface area contributed by atoms with Crippen LogP contribution in [0, 0.1) is 5.92 Å². The van der Waals surface area contributed by atoms with Gasteiger partial charge in [-0.05, 0) is 51.5 Å². The Morgan fingerprint density at radius 3 is 2.20 bits per heavy atom. The van der Waals surface area contributed by atoms with Crippen molar-refractivity contribution in [3.05, 3.63) is 0 Å². The molecule has 15 heavy (non-hydrogen) atoms. The van der Waals surface area contributed by atoms with Crippen molar-refractivity contribution in [1.29, 1.82) is 0 Å². The molecular formula is C13H26N2. The topological polar surface area (TPSA) is 29.3 Å². The fraction of sp³-hybridized carbons (Fsp3) is 1.00. The van der Waals surface area contributed by atoms with Gasteiger partial charge in [0.2, 0.25) is 0 Å². The van der Waals surface area contributed by atoms with Crippen LogP contribution < -0.4 is 5.73 Å². The normalized spacial score (nSPS) is 37.2. The molecule has 0 radical (unpaired) electrons. The first-order valence-electron chi connectivity index (χ1n) is 6.65. The molecule has 2 rings (SSSR count). The van der Waals surface area contributed by atoms with Crippen LogP contribution in [0.3, 0.4) is 0 Å². The van der Waals surface area contributed by atoms with Gasteiger partial charge in [0.05, 0.1) is 0 Å². The standard InChI is InChI=1S/C13H26N2/c1-3-11-6-8-13(10-14,9-7-11)15(2)12-4-5-12/h11-12H,3-10,14H2,1-2H3. The van der Waals surface area contributed by atoms with E-state index in [1.165, 1.54) is 44.9 Å². The molecule has 0 saturated heterocycles. The first-order valence-corrected chi connectivity index (χ1v) is 6.65. The summed E-state index contributed by atoms with van der Waals surface area (Å²) in [6.45, 7) is 3.18. The van der Waals surface area contributed by atoms with Crippen molar-refractivity contribution in [2.45, 2.75) is 63.5 Å². The molecule has 0 aliphatic heterocycles. The van der Waals surface area contributed by atoms with Crippen LogP contribution in [0.15, 0.2) is 0 Å². The number of likely N-dealkylation sites (N-methyl/N-ethyl adjacent to an activating group) is 1. The zero-order valence-electron chi connectivity index (χ0n) is 10.3. The molecule has 88 valence electrons. The quantitative estimate of drug-likeness (QED) is 0.772. The van der Waals surface area contributed by atoms with E-state index >= 15 is 0 Å². The predicted octanol–water partition coefficient (Wildman–Crippen LogP) is 2.38. The van der Waals surface area contributed by atoms with E-state index in [0.717, 1.165) is 18.5 Å². The molecule has 0 unspecified atom stereocenters. The summed E-state index contributed by atoms with van der Waals surface area (Å²) >= 11 is 0. The van der Waals surface area contributed by atoms with Gasteiger partial charge in [0.15, 0.2) is 0 Å². The minimum absolute atomic E-state index is 0.354. The van der Waals surface area contributed by atoms with Crippen LogP contribution in [0.25, 0.3) is 0 Å². The molecule has 0 atom stereocenters. The van der Waals surface area contributed by atoms with E-state index in [4.69, 9.17) is 5.73 Å². The monoisotopic (exact) mass is 210 g/mol. The van der Waals surface area contributed by atoms with E-state index < -0.39 is 0 Å². The predicted molar refractivity (Wildman–Crippen MR) is 64.8 cm³/mol. The van der Waals surface area contributed by atoms with Crippen molar-refractivity contribution < 1.29 is 0 Å². The minimum atomic E-state index is 0.354. The molecule has 0 heterocycles. The molecule has 0 aromatic heterocycles. The highest BCUT2D eigenvalue weighted by Gasteiger charge is 2.42. The molecule has 2 saturated carbocycles. The van der Waals surface area contributed by atoms with Crippen molar-refractivity contribution in [3.8, 4) is 0 Å². The van der Waals surface area contributed by atoms with Crippen LogP contribution in [0.2, 0.25) is 0 Å². The van der Waals surface area contributed by atoms with E-state index in [1.807, 2.05) is 0 Å². The largest absolute Gasteiger partial charge is 0.329 e. The molecule has 0 bridgehead atoms. The zero-order valence-corrected chi connectivity index (χ0v) is 10.3. The van der Waals surface area contributed by atoms with Crippen LogP contribution in [0.1, 0.15) is 51.9 Å². The van der Waals surface area contributed by atoms with E-state index in [-0.39, 0.29) is 0 Å². The number of nitrogens with two attached hydrogens (primary N) is 1. The first-order chi connectivity index (χ1) is 7.22. The SMILES string of the molecule is CCC1CCC(CN)(N(C)C2CC2)CC1. The molecule has 2 heteroatoms. The lowest BCUT2D eigenvalue weighted by atomic mass is 9.74. The van der Waals surface area contributed by atoms with Crippen molar-refractivity contribution in [3.63, 3.8) is 0 Å². The van der Waals surface area contributed by atoms with Gasteiger partial charge in [-0.1, -0.05) is 13.3 Å². The van der Waals surface area contributed by atoms with Gasteiger partial charge >= 0.3 is 0 Å². The average Bonchev–Trinajstić information content (AvgIpc) is 3.12. The second-order valence-electron chi connectivity index (χ2n) is 5.62.